The molecule has 0 radical (unpaired) electrons. The van der Waals surface area contributed by atoms with Crippen LogP contribution in [0.5, 0.6) is 0 Å². The Morgan fingerprint density at radius 1 is 1.05 bits per heavy atom. The molecule has 2 rings (SSSR count). The molecule has 0 aliphatic carbocycles. The molecule has 19 heavy (non-hydrogen) atoms. The van der Waals surface area contributed by atoms with E-state index >= 15 is 0 Å². The average Bonchev–Trinajstić information content (AvgIpc) is 2.71. The first-order valence-electron chi connectivity index (χ1n) is 7.21. The molecule has 2 saturated heterocycles. The first kappa shape index (κ1) is 14.2. The van der Waals surface area contributed by atoms with Crippen LogP contribution in [0.1, 0.15) is 40.0 Å². The van der Waals surface area contributed by atoms with Crippen LogP contribution in [-0.4, -0.2) is 52.1 Å². The SMILES string of the molecule is CC1CCCC(C)N1C(=O)N1C[C@@H](C)[C@H](C(=O)O)C1. The number of carbonyl (C=O) groups excluding carboxylic acids is 1. The summed E-state index contributed by atoms with van der Waals surface area (Å²) < 4.78 is 0. The summed E-state index contributed by atoms with van der Waals surface area (Å²) in [6.07, 6.45) is 3.25. The maximum atomic E-state index is 12.6. The van der Waals surface area contributed by atoms with Gasteiger partial charge in [0, 0.05) is 25.2 Å². The number of hydrogen-bond acceptors (Lipinski definition) is 2. The zero-order valence-corrected chi connectivity index (χ0v) is 12.0. The molecule has 2 amide bonds. The highest BCUT2D eigenvalue weighted by Gasteiger charge is 2.40. The Balaban J connectivity index is 2.06. The molecule has 5 heteroatoms. The minimum Gasteiger partial charge on any atom is -0.481 e. The summed E-state index contributed by atoms with van der Waals surface area (Å²) in [6.45, 7) is 7.00. The monoisotopic (exact) mass is 268 g/mol. The predicted molar refractivity (Wildman–Crippen MR) is 71.9 cm³/mol. The van der Waals surface area contributed by atoms with E-state index in [1.807, 2.05) is 11.8 Å². The third-order valence-electron chi connectivity index (χ3n) is 4.61. The molecule has 0 spiro atoms. The van der Waals surface area contributed by atoms with Gasteiger partial charge in [-0.2, -0.15) is 0 Å². The second-order valence-electron chi connectivity index (χ2n) is 6.15. The van der Waals surface area contributed by atoms with Gasteiger partial charge >= 0.3 is 12.0 Å². The quantitative estimate of drug-likeness (QED) is 0.791. The fourth-order valence-corrected chi connectivity index (χ4v) is 3.41. The van der Waals surface area contributed by atoms with Crippen LogP contribution in [-0.2, 0) is 4.79 Å². The Labute approximate surface area is 114 Å². The summed E-state index contributed by atoms with van der Waals surface area (Å²) in [7, 11) is 0. The van der Waals surface area contributed by atoms with E-state index in [4.69, 9.17) is 5.11 Å². The number of nitrogens with zero attached hydrogens (tertiary/aromatic N) is 2. The van der Waals surface area contributed by atoms with E-state index in [0.717, 1.165) is 12.8 Å². The molecule has 0 aromatic rings. The van der Waals surface area contributed by atoms with E-state index in [1.54, 1.807) is 4.90 Å². The number of hydrogen-bond donors (Lipinski definition) is 1. The van der Waals surface area contributed by atoms with E-state index in [2.05, 4.69) is 13.8 Å². The summed E-state index contributed by atoms with van der Waals surface area (Å²) in [5.74, 6) is -1.17. The van der Waals surface area contributed by atoms with E-state index < -0.39 is 11.9 Å². The van der Waals surface area contributed by atoms with Gasteiger partial charge < -0.3 is 14.9 Å². The van der Waals surface area contributed by atoms with Gasteiger partial charge in [-0.1, -0.05) is 6.92 Å². The Hall–Kier alpha value is -1.26. The van der Waals surface area contributed by atoms with Crippen molar-refractivity contribution in [1.82, 2.24) is 9.80 Å². The smallest absolute Gasteiger partial charge is 0.320 e. The normalized spacial score (nSPS) is 35.5. The minimum absolute atomic E-state index is 0.0234. The highest BCUT2D eigenvalue weighted by molar-refractivity contribution is 5.78. The maximum absolute atomic E-state index is 12.6. The van der Waals surface area contributed by atoms with Gasteiger partial charge in [-0.3, -0.25) is 4.79 Å². The third-order valence-corrected chi connectivity index (χ3v) is 4.61. The van der Waals surface area contributed by atoms with Crippen LogP contribution in [0.15, 0.2) is 0 Å². The Morgan fingerprint density at radius 2 is 1.63 bits per heavy atom. The second kappa shape index (κ2) is 5.39. The Morgan fingerprint density at radius 3 is 2.11 bits per heavy atom. The zero-order valence-electron chi connectivity index (χ0n) is 12.0. The first-order valence-corrected chi connectivity index (χ1v) is 7.21. The summed E-state index contributed by atoms with van der Waals surface area (Å²) in [5.41, 5.74) is 0. The number of aliphatic carboxylic acids is 1. The number of likely N-dealkylation sites (tertiary alicyclic amines) is 2. The van der Waals surface area contributed by atoms with E-state index in [1.165, 1.54) is 6.42 Å². The van der Waals surface area contributed by atoms with Crippen LogP contribution in [0.4, 0.5) is 4.79 Å². The molecule has 2 unspecified atom stereocenters. The van der Waals surface area contributed by atoms with E-state index in [-0.39, 0.29) is 24.0 Å². The lowest BCUT2D eigenvalue weighted by Crippen LogP contribution is -2.52. The van der Waals surface area contributed by atoms with Crippen molar-refractivity contribution < 1.29 is 14.7 Å². The zero-order chi connectivity index (χ0) is 14.2. The van der Waals surface area contributed by atoms with Crippen molar-refractivity contribution in [2.45, 2.75) is 52.1 Å². The number of rotatable bonds is 1. The van der Waals surface area contributed by atoms with E-state index in [9.17, 15) is 9.59 Å². The van der Waals surface area contributed by atoms with Crippen LogP contribution in [0, 0.1) is 11.8 Å². The summed E-state index contributed by atoms with van der Waals surface area (Å²) in [5, 5.41) is 9.15. The van der Waals surface area contributed by atoms with Gasteiger partial charge in [-0.25, -0.2) is 4.79 Å². The molecule has 4 atom stereocenters. The van der Waals surface area contributed by atoms with Crippen molar-refractivity contribution in [3.05, 3.63) is 0 Å². The molecule has 2 fully saturated rings. The molecular formula is C14H24N2O3. The van der Waals surface area contributed by atoms with Gasteiger partial charge in [-0.05, 0) is 39.0 Å². The van der Waals surface area contributed by atoms with Gasteiger partial charge in [0.05, 0.1) is 5.92 Å². The van der Waals surface area contributed by atoms with Crippen LogP contribution < -0.4 is 0 Å². The van der Waals surface area contributed by atoms with E-state index in [0.29, 0.717) is 13.1 Å². The number of amides is 2. The number of carboxylic acid groups (broad SMARTS) is 1. The third kappa shape index (κ3) is 2.69. The van der Waals surface area contributed by atoms with Crippen LogP contribution in [0.2, 0.25) is 0 Å². The lowest BCUT2D eigenvalue weighted by atomic mass is 9.98. The number of carboxylic acids is 1. The lowest BCUT2D eigenvalue weighted by molar-refractivity contribution is -0.142. The Bertz CT molecular complexity index is 362. The number of urea groups is 1. The van der Waals surface area contributed by atoms with Crippen molar-refractivity contribution in [1.29, 1.82) is 0 Å². The molecule has 108 valence electrons. The topological polar surface area (TPSA) is 60.9 Å². The standard InChI is InChI=1S/C14H24N2O3/c1-9-7-15(8-12(9)13(17)18)14(19)16-10(2)5-4-6-11(16)3/h9-12H,4-8H2,1-3H3,(H,17,18)/t9-,10?,11?,12-/m1/s1. The molecule has 1 N–H and O–H groups in total. The van der Waals surface area contributed by atoms with Crippen molar-refractivity contribution in [3.63, 3.8) is 0 Å². The van der Waals surface area contributed by atoms with Gasteiger partial charge in [0.15, 0.2) is 0 Å². The number of carbonyl (C=O) groups is 2. The van der Waals surface area contributed by atoms with Crippen LogP contribution in [0.25, 0.3) is 0 Å². The molecule has 2 heterocycles. The highest BCUT2D eigenvalue weighted by Crippen LogP contribution is 2.28. The molecule has 2 aliphatic rings. The number of piperidine rings is 1. The molecule has 0 saturated carbocycles. The summed E-state index contributed by atoms with van der Waals surface area (Å²) in [4.78, 5) is 27.4. The summed E-state index contributed by atoms with van der Waals surface area (Å²) in [6, 6.07) is 0.543. The second-order valence-corrected chi connectivity index (χ2v) is 6.15. The van der Waals surface area contributed by atoms with Gasteiger partial charge in [0.1, 0.15) is 0 Å². The fourth-order valence-electron chi connectivity index (χ4n) is 3.41. The van der Waals surface area contributed by atoms with Crippen molar-refractivity contribution in [3.8, 4) is 0 Å². The first-order chi connectivity index (χ1) is 8.91. The fraction of sp³-hybridized carbons (Fsp3) is 0.857. The molecule has 0 aromatic heterocycles. The van der Waals surface area contributed by atoms with Crippen molar-refractivity contribution >= 4 is 12.0 Å². The van der Waals surface area contributed by atoms with Crippen LogP contribution >= 0.6 is 0 Å². The molecular weight excluding hydrogens is 244 g/mol. The van der Waals surface area contributed by atoms with Crippen molar-refractivity contribution in [2.75, 3.05) is 13.1 Å². The Kier molecular flexibility index (Phi) is 4.02. The molecule has 0 bridgehead atoms. The predicted octanol–water partition coefficient (Wildman–Crippen LogP) is 2.02. The van der Waals surface area contributed by atoms with Gasteiger partial charge in [0.2, 0.25) is 0 Å². The molecule has 0 aromatic carbocycles. The van der Waals surface area contributed by atoms with Gasteiger partial charge in [-0.15, -0.1) is 0 Å². The lowest BCUT2D eigenvalue weighted by Gasteiger charge is -2.41. The average molecular weight is 268 g/mol. The minimum atomic E-state index is -0.789. The maximum Gasteiger partial charge on any atom is 0.320 e. The molecule has 2 aliphatic heterocycles. The van der Waals surface area contributed by atoms with Gasteiger partial charge in [0.25, 0.3) is 0 Å². The largest absolute Gasteiger partial charge is 0.481 e. The van der Waals surface area contributed by atoms with Crippen molar-refractivity contribution in [2.24, 2.45) is 11.8 Å². The molecule has 5 nitrogen and oxygen atoms in total. The summed E-state index contributed by atoms with van der Waals surface area (Å²) >= 11 is 0. The van der Waals surface area contributed by atoms with Crippen LogP contribution in [0.3, 0.4) is 0 Å². The highest BCUT2D eigenvalue weighted by atomic mass is 16.4.